The smallest absolute Gasteiger partial charge is 0.232 e. The van der Waals surface area contributed by atoms with Crippen LogP contribution in [0.25, 0.3) is 11.3 Å². The molecule has 0 fully saturated rings. The van der Waals surface area contributed by atoms with Gasteiger partial charge in [-0.25, -0.2) is 4.98 Å². The SMILES string of the molecule is CCOc1cncc(-c2ccc(NCc3ccc(OC)cc3)cc2)n1. The molecule has 25 heavy (non-hydrogen) atoms. The van der Waals surface area contributed by atoms with Gasteiger partial charge in [-0.3, -0.25) is 4.98 Å². The molecule has 128 valence electrons. The van der Waals surface area contributed by atoms with E-state index >= 15 is 0 Å². The Kier molecular flexibility index (Phi) is 5.46. The first-order valence-corrected chi connectivity index (χ1v) is 8.20. The summed E-state index contributed by atoms with van der Waals surface area (Å²) in [4.78, 5) is 8.63. The molecule has 0 bridgehead atoms. The van der Waals surface area contributed by atoms with Crippen LogP contribution in [-0.2, 0) is 6.54 Å². The van der Waals surface area contributed by atoms with Gasteiger partial charge in [0.25, 0.3) is 0 Å². The fourth-order valence-electron chi connectivity index (χ4n) is 2.41. The van der Waals surface area contributed by atoms with Crippen LogP contribution in [0, 0.1) is 0 Å². The lowest BCUT2D eigenvalue weighted by atomic mass is 10.1. The van der Waals surface area contributed by atoms with Crippen molar-refractivity contribution >= 4 is 5.69 Å². The van der Waals surface area contributed by atoms with Crippen molar-refractivity contribution in [3.05, 3.63) is 66.5 Å². The summed E-state index contributed by atoms with van der Waals surface area (Å²) in [5.74, 6) is 1.41. The fourth-order valence-corrected chi connectivity index (χ4v) is 2.41. The van der Waals surface area contributed by atoms with E-state index in [-0.39, 0.29) is 0 Å². The Morgan fingerprint density at radius 1 is 0.960 bits per heavy atom. The lowest BCUT2D eigenvalue weighted by Crippen LogP contribution is -1.99. The number of ether oxygens (including phenoxy) is 2. The Morgan fingerprint density at radius 2 is 1.72 bits per heavy atom. The zero-order valence-electron chi connectivity index (χ0n) is 14.4. The molecule has 1 aromatic heterocycles. The van der Waals surface area contributed by atoms with Gasteiger partial charge in [0.05, 0.1) is 31.8 Å². The molecule has 1 N–H and O–H groups in total. The van der Waals surface area contributed by atoms with E-state index in [4.69, 9.17) is 9.47 Å². The largest absolute Gasteiger partial charge is 0.497 e. The van der Waals surface area contributed by atoms with Gasteiger partial charge in [0.1, 0.15) is 5.75 Å². The standard InChI is InChI=1S/C20H21N3O2/c1-3-25-20-14-21-13-19(23-20)16-6-8-17(9-7-16)22-12-15-4-10-18(24-2)11-5-15/h4-11,13-14,22H,3,12H2,1-2H3. The molecule has 0 radical (unpaired) electrons. The molecule has 0 atom stereocenters. The third-order valence-corrected chi connectivity index (χ3v) is 3.74. The van der Waals surface area contributed by atoms with Crippen molar-refractivity contribution in [3.8, 4) is 22.9 Å². The van der Waals surface area contributed by atoms with Crippen LogP contribution in [0.1, 0.15) is 12.5 Å². The molecular weight excluding hydrogens is 314 g/mol. The van der Waals surface area contributed by atoms with Crippen LogP contribution in [-0.4, -0.2) is 23.7 Å². The molecule has 0 unspecified atom stereocenters. The van der Waals surface area contributed by atoms with Crippen molar-refractivity contribution in [2.24, 2.45) is 0 Å². The van der Waals surface area contributed by atoms with E-state index in [9.17, 15) is 0 Å². The topological polar surface area (TPSA) is 56.3 Å². The van der Waals surface area contributed by atoms with E-state index in [1.54, 1.807) is 19.5 Å². The highest BCUT2D eigenvalue weighted by molar-refractivity contribution is 5.62. The summed E-state index contributed by atoms with van der Waals surface area (Å²) in [6.45, 7) is 3.26. The summed E-state index contributed by atoms with van der Waals surface area (Å²) in [5.41, 5.74) is 4.05. The van der Waals surface area contributed by atoms with E-state index in [0.29, 0.717) is 12.5 Å². The quantitative estimate of drug-likeness (QED) is 0.702. The van der Waals surface area contributed by atoms with Gasteiger partial charge in [0.2, 0.25) is 5.88 Å². The van der Waals surface area contributed by atoms with Crippen molar-refractivity contribution < 1.29 is 9.47 Å². The van der Waals surface area contributed by atoms with E-state index in [2.05, 4.69) is 27.4 Å². The third kappa shape index (κ3) is 4.47. The predicted octanol–water partition coefficient (Wildman–Crippen LogP) is 4.16. The normalized spacial score (nSPS) is 10.3. The minimum atomic E-state index is 0.543. The second-order valence-electron chi connectivity index (χ2n) is 5.45. The Morgan fingerprint density at radius 3 is 2.40 bits per heavy atom. The monoisotopic (exact) mass is 335 g/mol. The van der Waals surface area contributed by atoms with Gasteiger partial charge in [-0.2, -0.15) is 0 Å². The summed E-state index contributed by atoms with van der Waals surface area (Å²) in [6, 6.07) is 16.1. The predicted molar refractivity (Wildman–Crippen MR) is 99.0 cm³/mol. The van der Waals surface area contributed by atoms with Gasteiger partial charge < -0.3 is 14.8 Å². The number of hydrogen-bond donors (Lipinski definition) is 1. The van der Waals surface area contributed by atoms with Crippen LogP contribution in [0.2, 0.25) is 0 Å². The number of aromatic nitrogens is 2. The minimum Gasteiger partial charge on any atom is -0.497 e. The average molecular weight is 335 g/mol. The zero-order chi connectivity index (χ0) is 17.5. The van der Waals surface area contributed by atoms with Gasteiger partial charge in [-0.1, -0.05) is 24.3 Å². The Labute approximate surface area is 147 Å². The Hall–Kier alpha value is -3.08. The van der Waals surface area contributed by atoms with Gasteiger partial charge >= 0.3 is 0 Å². The molecule has 3 aromatic rings. The van der Waals surface area contributed by atoms with Crippen molar-refractivity contribution in [1.82, 2.24) is 9.97 Å². The number of nitrogens with one attached hydrogen (secondary N) is 1. The maximum absolute atomic E-state index is 5.40. The summed E-state index contributed by atoms with van der Waals surface area (Å²) in [6.07, 6.45) is 3.36. The number of benzene rings is 2. The van der Waals surface area contributed by atoms with Crippen molar-refractivity contribution in [3.63, 3.8) is 0 Å². The molecule has 2 aromatic carbocycles. The summed E-state index contributed by atoms with van der Waals surface area (Å²) < 4.78 is 10.6. The molecule has 5 nitrogen and oxygen atoms in total. The maximum atomic E-state index is 5.40. The van der Waals surface area contributed by atoms with E-state index in [1.807, 2.05) is 43.3 Å². The van der Waals surface area contributed by atoms with Gasteiger partial charge in [0.15, 0.2) is 0 Å². The minimum absolute atomic E-state index is 0.543. The van der Waals surface area contributed by atoms with Crippen LogP contribution in [0.5, 0.6) is 11.6 Å². The number of nitrogens with zero attached hydrogens (tertiary/aromatic N) is 2. The molecule has 0 aliphatic carbocycles. The molecule has 0 aliphatic heterocycles. The molecule has 0 amide bonds. The molecule has 0 saturated heterocycles. The van der Waals surface area contributed by atoms with Crippen LogP contribution in [0.15, 0.2) is 60.9 Å². The van der Waals surface area contributed by atoms with Crippen LogP contribution >= 0.6 is 0 Å². The lowest BCUT2D eigenvalue weighted by molar-refractivity contribution is 0.325. The highest BCUT2D eigenvalue weighted by Crippen LogP contribution is 2.21. The third-order valence-electron chi connectivity index (χ3n) is 3.74. The number of anilines is 1. The van der Waals surface area contributed by atoms with Crippen molar-refractivity contribution in [2.75, 3.05) is 19.0 Å². The van der Waals surface area contributed by atoms with Gasteiger partial charge in [0, 0.05) is 17.8 Å². The average Bonchev–Trinajstić information content (AvgIpc) is 2.68. The van der Waals surface area contributed by atoms with Gasteiger partial charge in [-0.15, -0.1) is 0 Å². The lowest BCUT2D eigenvalue weighted by Gasteiger charge is -2.09. The molecule has 1 heterocycles. The number of methoxy groups -OCH3 is 1. The number of rotatable bonds is 7. The van der Waals surface area contributed by atoms with Crippen LogP contribution in [0.4, 0.5) is 5.69 Å². The van der Waals surface area contributed by atoms with E-state index in [0.717, 1.165) is 29.2 Å². The fraction of sp³-hybridized carbons (Fsp3) is 0.200. The Balaban J connectivity index is 1.64. The highest BCUT2D eigenvalue weighted by atomic mass is 16.5. The molecule has 3 rings (SSSR count). The van der Waals surface area contributed by atoms with Gasteiger partial charge in [-0.05, 0) is 36.8 Å². The maximum Gasteiger partial charge on any atom is 0.232 e. The first kappa shape index (κ1) is 16.8. The summed E-state index contributed by atoms with van der Waals surface area (Å²) >= 11 is 0. The van der Waals surface area contributed by atoms with Crippen LogP contribution < -0.4 is 14.8 Å². The molecule has 0 aliphatic rings. The second kappa shape index (κ2) is 8.15. The first-order valence-electron chi connectivity index (χ1n) is 8.20. The van der Waals surface area contributed by atoms with Crippen LogP contribution in [0.3, 0.4) is 0 Å². The highest BCUT2D eigenvalue weighted by Gasteiger charge is 2.03. The first-order chi connectivity index (χ1) is 12.3. The van der Waals surface area contributed by atoms with E-state index < -0.39 is 0 Å². The summed E-state index contributed by atoms with van der Waals surface area (Å²) in [5, 5.41) is 3.41. The molecule has 0 spiro atoms. The Bertz CT molecular complexity index is 802. The molecule has 5 heteroatoms. The summed E-state index contributed by atoms with van der Waals surface area (Å²) in [7, 11) is 1.67. The van der Waals surface area contributed by atoms with Crippen molar-refractivity contribution in [1.29, 1.82) is 0 Å². The van der Waals surface area contributed by atoms with Crippen molar-refractivity contribution in [2.45, 2.75) is 13.5 Å². The second-order valence-corrected chi connectivity index (χ2v) is 5.45. The zero-order valence-corrected chi connectivity index (χ0v) is 14.4. The number of hydrogen-bond acceptors (Lipinski definition) is 5. The van der Waals surface area contributed by atoms with E-state index in [1.165, 1.54) is 5.56 Å². The molecular formula is C20H21N3O2. The molecule has 0 saturated carbocycles.